The number of ether oxygens (including phenoxy) is 1. The van der Waals surface area contributed by atoms with Crippen molar-refractivity contribution in [1.29, 1.82) is 0 Å². The van der Waals surface area contributed by atoms with Gasteiger partial charge >= 0.3 is 0 Å². The molecule has 1 atom stereocenters. The number of hydrogen-bond acceptors (Lipinski definition) is 5. The molecule has 0 saturated carbocycles. The second-order valence-corrected chi connectivity index (χ2v) is 8.17. The molecule has 160 valence electrons. The van der Waals surface area contributed by atoms with Crippen LogP contribution in [0.2, 0.25) is 0 Å². The zero-order chi connectivity index (χ0) is 20.8. The van der Waals surface area contributed by atoms with E-state index in [1.54, 1.807) is 7.11 Å². The SMILES string of the molecule is COc1ccc(/C=C/CN2CCCC(n3cc(C(=O)N4CCCCC4)nn3)C2)cc1. The summed E-state index contributed by atoms with van der Waals surface area (Å²) in [6.45, 7) is 4.58. The van der Waals surface area contributed by atoms with E-state index in [1.807, 2.05) is 27.9 Å². The Morgan fingerprint density at radius 3 is 2.70 bits per heavy atom. The van der Waals surface area contributed by atoms with Crippen LogP contribution in [0.4, 0.5) is 0 Å². The first-order valence-electron chi connectivity index (χ1n) is 11.0. The summed E-state index contributed by atoms with van der Waals surface area (Å²) in [5, 5.41) is 8.48. The van der Waals surface area contributed by atoms with Gasteiger partial charge in [0, 0.05) is 26.2 Å². The highest BCUT2D eigenvalue weighted by Gasteiger charge is 2.25. The van der Waals surface area contributed by atoms with Crippen LogP contribution in [0.3, 0.4) is 0 Å². The van der Waals surface area contributed by atoms with E-state index in [4.69, 9.17) is 4.74 Å². The van der Waals surface area contributed by atoms with Crippen molar-refractivity contribution in [2.45, 2.75) is 38.1 Å². The van der Waals surface area contributed by atoms with E-state index >= 15 is 0 Å². The predicted molar refractivity (Wildman–Crippen MR) is 117 cm³/mol. The quantitative estimate of drug-likeness (QED) is 0.733. The number of carbonyl (C=O) groups excluding carboxylic acids is 1. The minimum absolute atomic E-state index is 0.0241. The fourth-order valence-electron chi connectivity index (χ4n) is 4.28. The molecule has 0 radical (unpaired) electrons. The molecule has 7 heteroatoms. The lowest BCUT2D eigenvalue weighted by atomic mass is 10.1. The van der Waals surface area contributed by atoms with Crippen molar-refractivity contribution in [3.63, 3.8) is 0 Å². The van der Waals surface area contributed by atoms with Crippen molar-refractivity contribution in [2.24, 2.45) is 0 Å². The molecule has 0 bridgehead atoms. The molecule has 4 rings (SSSR count). The van der Waals surface area contributed by atoms with Gasteiger partial charge in [0.25, 0.3) is 5.91 Å². The molecule has 3 heterocycles. The molecular weight excluding hydrogens is 378 g/mol. The summed E-state index contributed by atoms with van der Waals surface area (Å²) in [6, 6.07) is 8.34. The highest BCUT2D eigenvalue weighted by Crippen LogP contribution is 2.21. The molecule has 30 heavy (non-hydrogen) atoms. The van der Waals surface area contributed by atoms with E-state index in [-0.39, 0.29) is 11.9 Å². The van der Waals surface area contributed by atoms with E-state index in [1.165, 1.54) is 12.0 Å². The van der Waals surface area contributed by atoms with Gasteiger partial charge in [0.15, 0.2) is 5.69 Å². The van der Waals surface area contributed by atoms with Gasteiger partial charge in [-0.15, -0.1) is 5.10 Å². The minimum atomic E-state index is 0.0241. The van der Waals surface area contributed by atoms with E-state index < -0.39 is 0 Å². The van der Waals surface area contributed by atoms with Crippen LogP contribution in [-0.2, 0) is 0 Å². The summed E-state index contributed by atoms with van der Waals surface area (Å²) in [4.78, 5) is 17.0. The number of benzene rings is 1. The van der Waals surface area contributed by atoms with Crippen LogP contribution in [0.1, 0.15) is 54.2 Å². The Balaban J connectivity index is 1.31. The van der Waals surface area contributed by atoms with Crippen molar-refractivity contribution in [1.82, 2.24) is 24.8 Å². The molecule has 2 saturated heterocycles. The van der Waals surface area contributed by atoms with Crippen LogP contribution in [0.15, 0.2) is 36.5 Å². The minimum Gasteiger partial charge on any atom is -0.497 e. The van der Waals surface area contributed by atoms with E-state index in [0.717, 1.165) is 64.2 Å². The second kappa shape index (κ2) is 9.89. The van der Waals surface area contributed by atoms with Crippen molar-refractivity contribution < 1.29 is 9.53 Å². The maximum Gasteiger partial charge on any atom is 0.276 e. The Bertz CT molecular complexity index is 855. The molecule has 0 aliphatic carbocycles. The third-order valence-corrected chi connectivity index (χ3v) is 6.02. The normalized spacial score (nSPS) is 20.6. The second-order valence-electron chi connectivity index (χ2n) is 8.17. The maximum atomic E-state index is 12.7. The number of piperidine rings is 2. The molecule has 2 fully saturated rings. The highest BCUT2D eigenvalue weighted by molar-refractivity contribution is 5.91. The molecule has 0 N–H and O–H groups in total. The summed E-state index contributed by atoms with van der Waals surface area (Å²) in [7, 11) is 1.68. The van der Waals surface area contributed by atoms with Gasteiger partial charge in [-0.3, -0.25) is 9.69 Å². The number of aromatic nitrogens is 3. The van der Waals surface area contributed by atoms with Crippen LogP contribution in [0, 0.1) is 0 Å². The topological polar surface area (TPSA) is 63.5 Å². The molecule has 1 aromatic heterocycles. The number of hydrogen-bond donors (Lipinski definition) is 0. The number of likely N-dealkylation sites (tertiary alicyclic amines) is 2. The van der Waals surface area contributed by atoms with Gasteiger partial charge in [-0.2, -0.15) is 0 Å². The highest BCUT2D eigenvalue weighted by atomic mass is 16.5. The molecule has 2 aromatic rings. The third-order valence-electron chi connectivity index (χ3n) is 6.02. The average Bonchev–Trinajstić information content (AvgIpc) is 3.30. The van der Waals surface area contributed by atoms with Crippen molar-refractivity contribution in [3.8, 4) is 5.75 Å². The zero-order valence-corrected chi connectivity index (χ0v) is 17.7. The van der Waals surface area contributed by atoms with Gasteiger partial charge in [-0.1, -0.05) is 29.5 Å². The Morgan fingerprint density at radius 1 is 1.13 bits per heavy atom. The van der Waals surface area contributed by atoms with Gasteiger partial charge < -0.3 is 9.64 Å². The van der Waals surface area contributed by atoms with Crippen LogP contribution in [0.25, 0.3) is 6.08 Å². The van der Waals surface area contributed by atoms with Gasteiger partial charge in [-0.25, -0.2) is 4.68 Å². The van der Waals surface area contributed by atoms with Crippen molar-refractivity contribution >= 4 is 12.0 Å². The molecule has 2 aliphatic heterocycles. The monoisotopic (exact) mass is 409 g/mol. The van der Waals surface area contributed by atoms with E-state index in [9.17, 15) is 4.79 Å². The first-order chi connectivity index (χ1) is 14.7. The fraction of sp³-hybridized carbons (Fsp3) is 0.522. The lowest BCUT2D eigenvalue weighted by molar-refractivity contribution is 0.0718. The van der Waals surface area contributed by atoms with Crippen LogP contribution in [-0.4, -0.2) is 70.5 Å². The fourth-order valence-corrected chi connectivity index (χ4v) is 4.28. The summed E-state index contributed by atoms with van der Waals surface area (Å²) in [5.41, 5.74) is 1.65. The molecule has 7 nitrogen and oxygen atoms in total. The first kappa shape index (κ1) is 20.6. The van der Waals surface area contributed by atoms with Crippen LogP contribution >= 0.6 is 0 Å². The lowest BCUT2D eigenvalue weighted by Crippen LogP contribution is -2.37. The van der Waals surface area contributed by atoms with E-state index in [2.05, 4.69) is 39.5 Å². The molecule has 2 aliphatic rings. The van der Waals surface area contributed by atoms with Crippen LogP contribution < -0.4 is 4.74 Å². The zero-order valence-electron chi connectivity index (χ0n) is 17.7. The third kappa shape index (κ3) is 5.08. The molecule has 1 aromatic carbocycles. The Kier molecular flexibility index (Phi) is 6.79. The molecular formula is C23H31N5O2. The summed E-state index contributed by atoms with van der Waals surface area (Å²) >= 11 is 0. The van der Waals surface area contributed by atoms with E-state index in [0.29, 0.717) is 5.69 Å². The predicted octanol–water partition coefficient (Wildman–Crippen LogP) is 3.26. The van der Waals surface area contributed by atoms with Gasteiger partial charge in [0.1, 0.15) is 5.75 Å². The summed E-state index contributed by atoms with van der Waals surface area (Å²) < 4.78 is 7.10. The Labute approximate surface area is 178 Å². The molecule has 1 amide bonds. The average molecular weight is 410 g/mol. The number of carbonyl (C=O) groups is 1. The number of amides is 1. The molecule has 0 spiro atoms. The number of nitrogens with zero attached hydrogens (tertiary/aromatic N) is 5. The van der Waals surface area contributed by atoms with Crippen molar-refractivity contribution in [3.05, 3.63) is 47.8 Å². The number of rotatable bonds is 6. The van der Waals surface area contributed by atoms with Gasteiger partial charge in [-0.05, 0) is 56.3 Å². The summed E-state index contributed by atoms with van der Waals surface area (Å²) in [6.07, 6.45) is 11.8. The number of methoxy groups -OCH3 is 1. The summed E-state index contributed by atoms with van der Waals surface area (Å²) in [5.74, 6) is 0.896. The smallest absolute Gasteiger partial charge is 0.276 e. The standard InChI is InChI=1S/C23H31N5O2/c1-30-21-11-9-19(10-12-21)7-5-13-26-14-6-8-20(17-26)28-18-22(24-25-28)23(29)27-15-3-2-4-16-27/h5,7,9-12,18,20H,2-4,6,8,13-17H2,1H3/b7-5+. The lowest BCUT2D eigenvalue weighted by Gasteiger charge is -2.31. The van der Waals surface area contributed by atoms with Crippen LogP contribution in [0.5, 0.6) is 5.75 Å². The van der Waals surface area contributed by atoms with Gasteiger partial charge in [0.05, 0.1) is 19.3 Å². The largest absolute Gasteiger partial charge is 0.497 e. The molecule has 1 unspecified atom stereocenters. The first-order valence-corrected chi connectivity index (χ1v) is 11.0. The Hall–Kier alpha value is -2.67. The van der Waals surface area contributed by atoms with Gasteiger partial charge in [0.2, 0.25) is 0 Å². The maximum absolute atomic E-state index is 12.7. The van der Waals surface area contributed by atoms with Crippen molar-refractivity contribution in [2.75, 3.05) is 39.8 Å². The Morgan fingerprint density at radius 2 is 1.93 bits per heavy atom.